The molecule has 0 aliphatic rings. The summed E-state index contributed by atoms with van der Waals surface area (Å²) in [7, 11) is 0. The minimum atomic E-state index is -0.0146. The van der Waals surface area contributed by atoms with E-state index in [1.54, 1.807) is 6.07 Å². The number of aryl methyl sites for hydroxylation is 1. The van der Waals surface area contributed by atoms with Crippen LogP contribution in [0.15, 0.2) is 30.3 Å². The maximum atomic E-state index is 9.84. The maximum absolute atomic E-state index is 9.84. The highest BCUT2D eigenvalue weighted by Crippen LogP contribution is 2.36. The number of benzene rings is 2. The minimum Gasteiger partial charge on any atom is -0.504 e. The predicted molar refractivity (Wildman–Crippen MR) is 75.1 cm³/mol. The summed E-state index contributed by atoms with van der Waals surface area (Å²) in [6.07, 6.45) is 5.77. The Hall–Kier alpha value is -1.70. The van der Waals surface area contributed by atoms with Gasteiger partial charge in [0.15, 0.2) is 11.5 Å². The van der Waals surface area contributed by atoms with Gasteiger partial charge in [0, 0.05) is 5.39 Å². The van der Waals surface area contributed by atoms with Gasteiger partial charge in [-0.2, -0.15) is 0 Å². The molecule has 0 spiro atoms. The van der Waals surface area contributed by atoms with E-state index in [0.717, 1.165) is 29.2 Å². The maximum Gasteiger partial charge on any atom is 0.165 e. The van der Waals surface area contributed by atoms with Crippen molar-refractivity contribution in [1.82, 2.24) is 0 Å². The third-order valence-electron chi connectivity index (χ3n) is 3.38. The van der Waals surface area contributed by atoms with Crippen LogP contribution in [-0.4, -0.2) is 10.2 Å². The molecule has 2 aromatic rings. The summed E-state index contributed by atoms with van der Waals surface area (Å²) in [4.78, 5) is 0. The number of phenolic OH excluding ortho intramolecular Hbond substituents is 2. The number of unbranched alkanes of at least 4 members (excludes halogenated alkanes) is 3. The first-order valence-corrected chi connectivity index (χ1v) is 6.66. The first-order valence-electron chi connectivity index (χ1n) is 6.66. The number of fused-ring (bicyclic) bond motifs is 1. The highest BCUT2D eigenvalue weighted by molar-refractivity contribution is 5.93. The summed E-state index contributed by atoms with van der Waals surface area (Å²) in [5.41, 5.74) is 1.12. The van der Waals surface area contributed by atoms with Gasteiger partial charge in [-0.3, -0.25) is 0 Å². The Labute approximate surface area is 108 Å². The number of hydrogen-bond acceptors (Lipinski definition) is 2. The lowest BCUT2D eigenvalue weighted by Crippen LogP contribution is -1.89. The lowest BCUT2D eigenvalue weighted by molar-refractivity contribution is 0.407. The predicted octanol–water partition coefficient (Wildman–Crippen LogP) is 4.37. The lowest BCUT2D eigenvalue weighted by atomic mass is 9.98. The van der Waals surface area contributed by atoms with Gasteiger partial charge in [-0.1, -0.05) is 50.5 Å². The summed E-state index contributed by atoms with van der Waals surface area (Å²) < 4.78 is 0. The van der Waals surface area contributed by atoms with E-state index in [1.165, 1.54) is 19.3 Å². The van der Waals surface area contributed by atoms with Crippen LogP contribution in [0.3, 0.4) is 0 Å². The molecular formula is C16H20O2. The van der Waals surface area contributed by atoms with E-state index in [9.17, 15) is 10.2 Å². The van der Waals surface area contributed by atoms with Gasteiger partial charge in [-0.05, 0) is 29.9 Å². The lowest BCUT2D eigenvalue weighted by Gasteiger charge is -2.10. The molecule has 0 heterocycles. The highest BCUT2D eigenvalue weighted by atomic mass is 16.3. The van der Waals surface area contributed by atoms with E-state index in [2.05, 4.69) is 6.92 Å². The molecule has 0 atom stereocenters. The molecule has 96 valence electrons. The molecule has 0 radical (unpaired) electrons. The smallest absolute Gasteiger partial charge is 0.165 e. The Morgan fingerprint density at radius 2 is 1.67 bits per heavy atom. The summed E-state index contributed by atoms with van der Waals surface area (Å²) in [6, 6.07) is 9.39. The van der Waals surface area contributed by atoms with E-state index < -0.39 is 0 Å². The van der Waals surface area contributed by atoms with Crippen LogP contribution in [0.4, 0.5) is 0 Å². The van der Waals surface area contributed by atoms with Gasteiger partial charge in [-0.25, -0.2) is 0 Å². The molecule has 2 heteroatoms. The zero-order chi connectivity index (χ0) is 13.0. The first kappa shape index (κ1) is 12.7. The normalized spacial score (nSPS) is 10.9. The molecule has 0 aliphatic heterocycles. The van der Waals surface area contributed by atoms with Gasteiger partial charge in [0.05, 0.1) is 0 Å². The molecule has 0 aliphatic carbocycles. The Kier molecular flexibility index (Phi) is 4.08. The van der Waals surface area contributed by atoms with E-state index in [1.807, 2.05) is 24.3 Å². The van der Waals surface area contributed by atoms with E-state index in [0.29, 0.717) is 0 Å². The van der Waals surface area contributed by atoms with Gasteiger partial charge >= 0.3 is 0 Å². The molecule has 2 aromatic carbocycles. The van der Waals surface area contributed by atoms with Gasteiger partial charge in [0.25, 0.3) is 0 Å². The van der Waals surface area contributed by atoms with E-state index in [4.69, 9.17) is 0 Å². The van der Waals surface area contributed by atoms with E-state index in [-0.39, 0.29) is 11.5 Å². The van der Waals surface area contributed by atoms with Crippen LogP contribution >= 0.6 is 0 Å². The number of phenols is 2. The van der Waals surface area contributed by atoms with Crippen molar-refractivity contribution >= 4 is 10.8 Å². The molecular weight excluding hydrogens is 224 g/mol. The second kappa shape index (κ2) is 5.76. The van der Waals surface area contributed by atoms with Crippen molar-refractivity contribution in [3.05, 3.63) is 35.9 Å². The van der Waals surface area contributed by atoms with Crippen LogP contribution in [0.1, 0.15) is 38.2 Å². The molecule has 0 fully saturated rings. The molecule has 2 nitrogen and oxygen atoms in total. The van der Waals surface area contributed by atoms with Crippen LogP contribution in [0.25, 0.3) is 10.8 Å². The minimum absolute atomic E-state index is 0.0112. The Bertz CT molecular complexity index is 532. The summed E-state index contributed by atoms with van der Waals surface area (Å²) in [5.74, 6) is -0.0258. The monoisotopic (exact) mass is 244 g/mol. The van der Waals surface area contributed by atoms with Gasteiger partial charge < -0.3 is 10.2 Å². The van der Waals surface area contributed by atoms with Crippen molar-refractivity contribution in [2.24, 2.45) is 0 Å². The highest BCUT2D eigenvalue weighted by Gasteiger charge is 2.09. The Balaban J connectivity index is 2.29. The van der Waals surface area contributed by atoms with Crippen LogP contribution in [-0.2, 0) is 6.42 Å². The molecule has 0 saturated heterocycles. The molecule has 0 unspecified atom stereocenters. The molecule has 18 heavy (non-hydrogen) atoms. The zero-order valence-corrected chi connectivity index (χ0v) is 10.8. The standard InChI is InChI=1S/C16H20O2/c1-2-3-4-5-8-12-11-15(17)16(18)14-10-7-6-9-13(12)14/h6-7,9-11,17-18H,2-5,8H2,1H3. The molecule has 2 rings (SSSR count). The average Bonchev–Trinajstić information content (AvgIpc) is 2.40. The Morgan fingerprint density at radius 1 is 0.944 bits per heavy atom. The quantitative estimate of drug-likeness (QED) is 0.605. The fourth-order valence-corrected chi connectivity index (χ4v) is 2.37. The molecule has 0 aromatic heterocycles. The number of rotatable bonds is 5. The Morgan fingerprint density at radius 3 is 2.39 bits per heavy atom. The van der Waals surface area contributed by atoms with Crippen molar-refractivity contribution in [2.75, 3.05) is 0 Å². The van der Waals surface area contributed by atoms with Gasteiger partial charge in [-0.15, -0.1) is 0 Å². The fraction of sp³-hybridized carbons (Fsp3) is 0.375. The first-order chi connectivity index (χ1) is 8.74. The number of aromatic hydroxyl groups is 2. The average molecular weight is 244 g/mol. The van der Waals surface area contributed by atoms with Crippen LogP contribution in [0, 0.1) is 0 Å². The summed E-state index contributed by atoms with van der Waals surface area (Å²) in [6.45, 7) is 2.20. The third-order valence-corrected chi connectivity index (χ3v) is 3.38. The van der Waals surface area contributed by atoms with E-state index >= 15 is 0 Å². The summed E-state index contributed by atoms with van der Waals surface area (Å²) in [5, 5.41) is 21.4. The fourth-order valence-electron chi connectivity index (χ4n) is 2.37. The van der Waals surface area contributed by atoms with Crippen molar-refractivity contribution in [1.29, 1.82) is 0 Å². The molecule has 2 N–H and O–H groups in total. The largest absolute Gasteiger partial charge is 0.504 e. The second-order valence-corrected chi connectivity index (χ2v) is 4.76. The van der Waals surface area contributed by atoms with Gasteiger partial charge in [0.1, 0.15) is 0 Å². The topological polar surface area (TPSA) is 40.5 Å². The van der Waals surface area contributed by atoms with Crippen LogP contribution < -0.4 is 0 Å². The third kappa shape index (κ3) is 2.58. The SMILES string of the molecule is CCCCCCc1cc(O)c(O)c2ccccc12. The van der Waals surface area contributed by atoms with Crippen LogP contribution in [0.5, 0.6) is 11.5 Å². The summed E-state index contributed by atoms with van der Waals surface area (Å²) >= 11 is 0. The van der Waals surface area contributed by atoms with Gasteiger partial charge in [0.2, 0.25) is 0 Å². The van der Waals surface area contributed by atoms with Crippen molar-refractivity contribution in [2.45, 2.75) is 39.0 Å². The van der Waals surface area contributed by atoms with Crippen LogP contribution in [0.2, 0.25) is 0 Å². The second-order valence-electron chi connectivity index (χ2n) is 4.76. The van der Waals surface area contributed by atoms with Crippen molar-refractivity contribution in [3.8, 4) is 11.5 Å². The number of hydrogen-bond donors (Lipinski definition) is 2. The molecule has 0 bridgehead atoms. The van der Waals surface area contributed by atoms with Crippen molar-refractivity contribution in [3.63, 3.8) is 0 Å². The molecule has 0 saturated carbocycles. The molecule has 0 amide bonds. The van der Waals surface area contributed by atoms with Crippen molar-refractivity contribution < 1.29 is 10.2 Å². The zero-order valence-electron chi connectivity index (χ0n) is 10.8.